The van der Waals surface area contributed by atoms with E-state index < -0.39 is 5.97 Å². The highest BCUT2D eigenvalue weighted by atomic mass is 16.5. The summed E-state index contributed by atoms with van der Waals surface area (Å²) >= 11 is 0. The second kappa shape index (κ2) is 4.18. The molecule has 0 N–H and O–H groups in total. The molecule has 6 heteroatoms. The van der Waals surface area contributed by atoms with Crippen molar-refractivity contribution in [3.8, 4) is 11.5 Å². The second-order valence-corrected chi connectivity index (χ2v) is 3.10. The molecule has 0 aliphatic carbocycles. The Balaban J connectivity index is 2.40. The first kappa shape index (κ1) is 10.4. The molecule has 2 heterocycles. The van der Waals surface area contributed by atoms with Gasteiger partial charge in [-0.1, -0.05) is 5.16 Å². The lowest BCUT2D eigenvalue weighted by atomic mass is 10.2. The highest BCUT2D eigenvalue weighted by Crippen LogP contribution is 2.25. The van der Waals surface area contributed by atoms with Gasteiger partial charge in [-0.25, -0.2) is 9.78 Å². The molecule has 0 saturated carbocycles. The molecule has 16 heavy (non-hydrogen) atoms. The molecule has 0 bridgehead atoms. The third kappa shape index (κ3) is 1.69. The maximum atomic E-state index is 11.5. The summed E-state index contributed by atoms with van der Waals surface area (Å²) in [7, 11) is 0. The van der Waals surface area contributed by atoms with E-state index >= 15 is 0 Å². The predicted molar refractivity (Wildman–Crippen MR) is 52.7 cm³/mol. The van der Waals surface area contributed by atoms with Crippen molar-refractivity contribution in [3.05, 3.63) is 23.9 Å². The van der Waals surface area contributed by atoms with Crippen molar-refractivity contribution in [1.29, 1.82) is 0 Å². The Kier molecular flexibility index (Phi) is 2.72. The molecule has 0 aliphatic rings. The minimum Gasteiger partial charge on any atom is -0.461 e. The molecular formula is C10H10N2O4. The number of aryl methyl sites for hydroxylation is 1. The van der Waals surface area contributed by atoms with Gasteiger partial charge in [-0.05, 0) is 13.8 Å². The lowest BCUT2D eigenvalue weighted by Crippen LogP contribution is -2.06. The molecule has 6 nitrogen and oxygen atoms in total. The molecule has 0 spiro atoms. The van der Waals surface area contributed by atoms with Crippen LogP contribution in [0, 0.1) is 6.92 Å². The molecule has 0 fully saturated rings. The third-order valence-electron chi connectivity index (χ3n) is 2.00. The summed E-state index contributed by atoms with van der Waals surface area (Å²) in [6.45, 7) is 3.80. The van der Waals surface area contributed by atoms with Crippen LogP contribution in [0.3, 0.4) is 0 Å². The molecule has 2 rings (SSSR count). The van der Waals surface area contributed by atoms with Gasteiger partial charge in [0.25, 0.3) is 0 Å². The molecule has 2 aromatic rings. The quantitative estimate of drug-likeness (QED) is 0.737. The number of esters is 1. The van der Waals surface area contributed by atoms with Crippen LogP contribution in [0.1, 0.15) is 23.0 Å². The maximum absolute atomic E-state index is 11.5. The number of nitrogens with zero attached hydrogens (tertiary/aromatic N) is 2. The minimum absolute atomic E-state index is 0.110. The highest BCUT2D eigenvalue weighted by molar-refractivity contribution is 5.93. The Labute approximate surface area is 91.2 Å². The summed E-state index contributed by atoms with van der Waals surface area (Å²) in [5.74, 6) is -0.265. The number of hydrogen-bond acceptors (Lipinski definition) is 6. The number of carbonyl (C=O) groups excluding carboxylic acids is 1. The second-order valence-electron chi connectivity index (χ2n) is 3.10. The van der Waals surface area contributed by atoms with E-state index in [0.717, 1.165) is 5.56 Å². The summed E-state index contributed by atoms with van der Waals surface area (Å²) in [4.78, 5) is 15.3. The van der Waals surface area contributed by atoms with Gasteiger partial charge in [0.2, 0.25) is 0 Å². The van der Waals surface area contributed by atoms with Crippen molar-refractivity contribution in [2.45, 2.75) is 13.8 Å². The van der Waals surface area contributed by atoms with E-state index in [4.69, 9.17) is 13.7 Å². The highest BCUT2D eigenvalue weighted by Gasteiger charge is 2.22. The number of oxazole rings is 1. The summed E-state index contributed by atoms with van der Waals surface area (Å²) in [5, 5.41) is 3.74. The van der Waals surface area contributed by atoms with E-state index in [1.807, 2.05) is 0 Å². The predicted octanol–water partition coefficient (Wildman–Crippen LogP) is 1.81. The van der Waals surface area contributed by atoms with Gasteiger partial charge in [-0.2, -0.15) is 0 Å². The molecule has 0 aliphatic heterocycles. The van der Waals surface area contributed by atoms with Crippen LogP contribution in [-0.4, -0.2) is 22.7 Å². The normalized spacial score (nSPS) is 10.4. The first-order valence-electron chi connectivity index (χ1n) is 4.76. The summed E-state index contributed by atoms with van der Waals surface area (Å²) in [6.07, 6.45) is 2.64. The molecule has 0 aromatic carbocycles. The van der Waals surface area contributed by atoms with Crippen molar-refractivity contribution < 1.29 is 18.5 Å². The number of aromatic nitrogens is 2. The number of hydrogen-bond donors (Lipinski definition) is 0. The van der Waals surface area contributed by atoms with E-state index in [1.54, 1.807) is 13.8 Å². The largest absolute Gasteiger partial charge is 0.461 e. The average Bonchev–Trinajstić information content (AvgIpc) is 2.85. The maximum Gasteiger partial charge on any atom is 0.361 e. The van der Waals surface area contributed by atoms with Crippen LogP contribution >= 0.6 is 0 Å². The van der Waals surface area contributed by atoms with Crippen LogP contribution < -0.4 is 0 Å². The van der Waals surface area contributed by atoms with E-state index in [9.17, 15) is 4.79 Å². The van der Waals surface area contributed by atoms with E-state index in [2.05, 4.69) is 10.1 Å². The van der Waals surface area contributed by atoms with Crippen LogP contribution in [0.2, 0.25) is 0 Å². The first-order chi connectivity index (χ1) is 7.74. The lowest BCUT2D eigenvalue weighted by Gasteiger charge is -1.98. The van der Waals surface area contributed by atoms with Gasteiger partial charge in [0.1, 0.15) is 6.26 Å². The molecule has 84 valence electrons. The molecule has 0 atom stereocenters. The lowest BCUT2D eigenvalue weighted by molar-refractivity contribution is 0.0520. The molecule has 0 saturated heterocycles. The van der Waals surface area contributed by atoms with Gasteiger partial charge >= 0.3 is 5.97 Å². The Bertz CT molecular complexity index is 500. The van der Waals surface area contributed by atoms with Crippen LogP contribution in [0.5, 0.6) is 0 Å². The van der Waals surface area contributed by atoms with Gasteiger partial charge in [-0.3, -0.25) is 0 Å². The number of rotatable bonds is 3. The summed E-state index contributed by atoms with van der Waals surface area (Å²) in [5.41, 5.74) is 1.33. The van der Waals surface area contributed by atoms with Crippen molar-refractivity contribution in [2.24, 2.45) is 0 Å². The van der Waals surface area contributed by atoms with Crippen molar-refractivity contribution in [1.82, 2.24) is 10.1 Å². The zero-order valence-electron chi connectivity index (χ0n) is 8.89. The van der Waals surface area contributed by atoms with Crippen LogP contribution in [0.15, 0.2) is 21.6 Å². The SMILES string of the molecule is CCOC(=O)c1ncoc1-c1nocc1C. The van der Waals surface area contributed by atoms with E-state index in [-0.39, 0.29) is 18.1 Å². The zero-order chi connectivity index (χ0) is 11.5. The van der Waals surface area contributed by atoms with E-state index in [0.29, 0.717) is 5.69 Å². The molecule has 2 aromatic heterocycles. The fourth-order valence-electron chi connectivity index (χ4n) is 1.27. The smallest absolute Gasteiger partial charge is 0.361 e. The van der Waals surface area contributed by atoms with Crippen LogP contribution in [0.4, 0.5) is 0 Å². The zero-order valence-corrected chi connectivity index (χ0v) is 8.89. The average molecular weight is 222 g/mol. The minimum atomic E-state index is -0.534. The standard InChI is InChI=1S/C10H10N2O4/c1-3-14-10(13)8-9(15-5-11-8)7-6(2)4-16-12-7/h4-5H,3H2,1-2H3. The van der Waals surface area contributed by atoms with Gasteiger partial charge in [0.05, 0.1) is 6.61 Å². The Morgan fingerprint density at radius 1 is 1.56 bits per heavy atom. The van der Waals surface area contributed by atoms with E-state index in [1.165, 1.54) is 12.7 Å². The van der Waals surface area contributed by atoms with Crippen molar-refractivity contribution in [3.63, 3.8) is 0 Å². The van der Waals surface area contributed by atoms with Crippen molar-refractivity contribution >= 4 is 5.97 Å². The first-order valence-corrected chi connectivity index (χ1v) is 4.76. The van der Waals surface area contributed by atoms with Crippen LogP contribution in [0.25, 0.3) is 11.5 Å². The Morgan fingerprint density at radius 3 is 3.00 bits per heavy atom. The van der Waals surface area contributed by atoms with Gasteiger partial charge in [-0.15, -0.1) is 0 Å². The summed E-state index contributed by atoms with van der Waals surface area (Å²) < 4.78 is 14.7. The number of ether oxygens (including phenoxy) is 1. The topological polar surface area (TPSA) is 78.4 Å². The van der Waals surface area contributed by atoms with Gasteiger partial charge < -0.3 is 13.7 Å². The Morgan fingerprint density at radius 2 is 2.38 bits per heavy atom. The fraction of sp³-hybridized carbons (Fsp3) is 0.300. The third-order valence-corrected chi connectivity index (χ3v) is 2.00. The van der Waals surface area contributed by atoms with Gasteiger partial charge in [0, 0.05) is 5.56 Å². The Hall–Kier alpha value is -2.11. The molecular weight excluding hydrogens is 212 g/mol. The van der Waals surface area contributed by atoms with Crippen molar-refractivity contribution in [2.75, 3.05) is 6.61 Å². The number of carbonyl (C=O) groups is 1. The fourth-order valence-corrected chi connectivity index (χ4v) is 1.27. The summed E-state index contributed by atoms with van der Waals surface area (Å²) in [6, 6.07) is 0. The van der Waals surface area contributed by atoms with Crippen LogP contribution in [-0.2, 0) is 4.74 Å². The van der Waals surface area contributed by atoms with Gasteiger partial charge in [0.15, 0.2) is 23.5 Å². The monoisotopic (exact) mass is 222 g/mol. The molecule has 0 amide bonds. The molecule has 0 unspecified atom stereocenters. The molecule has 0 radical (unpaired) electrons.